The van der Waals surface area contributed by atoms with Crippen LogP contribution in [0, 0.1) is 30.6 Å². The number of halogens is 1. The molecule has 1 aromatic heterocycles. The van der Waals surface area contributed by atoms with Crippen molar-refractivity contribution in [1.82, 2.24) is 15.6 Å². The molecule has 0 radical (unpaired) electrons. The number of nitrogens with one attached hydrogen (secondary N) is 4. The van der Waals surface area contributed by atoms with Crippen LogP contribution in [0.15, 0.2) is 85.2 Å². The minimum atomic E-state index is -0.846. The smallest absolute Gasteiger partial charge is 0.303 e. The molecule has 312 valence electrons. The number of anilines is 1. The van der Waals surface area contributed by atoms with E-state index in [1.165, 1.54) is 6.20 Å². The number of rotatable bonds is 23. The maximum absolute atomic E-state index is 11.0. The lowest BCUT2D eigenvalue weighted by Crippen LogP contribution is -2.24. The zero-order valence-corrected chi connectivity index (χ0v) is 34.9. The van der Waals surface area contributed by atoms with Gasteiger partial charge in [-0.2, -0.15) is 5.26 Å². The summed E-state index contributed by atoms with van der Waals surface area (Å²) in [7, 11) is 0. The quantitative estimate of drug-likeness (QED) is 0.0272. The van der Waals surface area contributed by atoms with E-state index in [1.807, 2.05) is 18.2 Å². The molecule has 5 rings (SSSR count). The number of carboxylic acids is 2. The third-order valence-electron chi connectivity index (χ3n) is 10.0. The van der Waals surface area contributed by atoms with Crippen molar-refractivity contribution in [2.75, 3.05) is 31.5 Å². The van der Waals surface area contributed by atoms with E-state index in [9.17, 15) is 14.9 Å². The number of aliphatic carboxylic acids is 2. The lowest BCUT2D eigenvalue weighted by Gasteiger charge is -2.19. The van der Waals surface area contributed by atoms with Crippen molar-refractivity contribution >= 4 is 34.9 Å². The minimum absolute atomic E-state index is 0.0660. The van der Waals surface area contributed by atoms with Crippen LogP contribution in [0.2, 0.25) is 5.02 Å². The van der Waals surface area contributed by atoms with Crippen LogP contribution in [0.1, 0.15) is 71.6 Å². The minimum Gasteiger partial charge on any atom is -0.488 e. The predicted molar refractivity (Wildman–Crippen MR) is 235 cm³/mol. The van der Waals surface area contributed by atoms with Crippen LogP contribution in [0.25, 0.3) is 22.3 Å². The number of nitrogens with zero attached hydrogens (tertiary/aromatic N) is 2. The van der Waals surface area contributed by atoms with Crippen molar-refractivity contribution in [2.45, 2.75) is 66.2 Å². The number of aromatic nitrogens is 1. The summed E-state index contributed by atoms with van der Waals surface area (Å²) in [5.41, 5.74) is 11.4. The van der Waals surface area contributed by atoms with E-state index >= 15 is 0 Å². The molecule has 4 aromatic carbocycles. The van der Waals surface area contributed by atoms with Gasteiger partial charge in [-0.25, -0.2) is 0 Å². The molecule has 0 atom stereocenters. The van der Waals surface area contributed by atoms with Gasteiger partial charge < -0.3 is 41.0 Å². The number of carboxylic acid groups (broad SMARTS) is 2. The second-order valence-electron chi connectivity index (χ2n) is 14.5. The van der Waals surface area contributed by atoms with Crippen LogP contribution in [0.4, 0.5) is 5.69 Å². The summed E-state index contributed by atoms with van der Waals surface area (Å²) in [5.74, 6) is -0.665. The van der Waals surface area contributed by atoms with E-state index in [0.717, 1.165) is 61.3 Å². The van der Waals surface area contributed by atoms with Crippen molar-refractivity contribution in [1.29, 1.82) is 10.7 Å². The number of nitriles is 1. The molecule has 1 heterocycles. The lowest BCUT2D eigenvalue weighted by molar-refractivity contribution is -0.138. The van der Waals surface area contributed by atoms with Crippen molar-refractivity contribution < 1.29 is 29.3 Å². The molecule has 0 amide bonds. The highest BCUT2D eigenvalue weighted by Crippen LogP contribution is 2.37. The molecule has 0 aliphatic heterocycles. The van der Waals surface area contributed by atoms with Crippen LogP contribution in [-0.2, 0) is 29.3 Å². The SMILES string of the molecule is CC(=N)c1cc(-c2cccc(-c3cccc(COc4cc(OCc5cncc(C#N)c5)c(CNCCCC(=O)O)cc4Cl)c3C)c2C)ccc1NCCNCCCC(=O)O. The summed E-state index contributed by atoms with van der Waals surface area (Å²) >= 11 is 6.80. The van der Waals surface area contributed by atoms with Gasteiger partial charge in [0.05, 0.1) is 10.6 Å². The van der Waals surface area contributed by atoms with Crippen LogP contribution < -0.4 is 25.4 Å². The number of hydrogen-bond donors (Lipinski definition) is 6. The summed E-state index contributed by atoms with van der Waals surface area (Å²) < 4.78 is 12.6. The van der Waals surface area contributed by atoms with Gasteiger partial charge >= 0.3 is 11.9 Å². The zero-order valence-electron chi connectivity index (χ0n) is 34.2. The number of ether oxygens (including phenoxy) is 2. The fourth-order valence-corrected chi connectivity index (χ4v) is 7.05. The summed E-state index contributed by atoms with van der Waals surface area (Å²) in [6.07, 6.45) is 4.40. The predicted octanol–water partition coefficient (Wildman–Crippen LogP) is 8.92. The molecule has 0 saturated carbocycles. The van der Waals surface area contributed by atoms with Gasteiger partial charge in [-0.1, -0.05) is 54.1 Å². The molecule has 0 bridgehead atoms. The second-order valence-corrected chi connectivity index (χ2v) is 14.9. The Morgan fingerprint density at radius 3 is 2.18 bits per heavy atom. The monoisotopic (exact) mass is 830 g/mol. The van der Waals surface area contributed by atoms with Gasteiger partial charge in [0.15, 0.2) is 0 Å². The summed E-state index contributed by atoms with van der Waals surface area (Å²) in [5, 5.41) is 46.0. The molecular formula is C47H51ClN6O6. The second kappa shape index (κ2) is 22.2. The van der Waals surface area contributed by atoms with Crippen molar-refractivity contribution in [3.05, 3.63) is 129 Å². The third-order valence-corrected chi connectivity index (χ3v) is 10.3. The van der Waals surface area contributed by atoms with Gasteiger partial charge in [0.25, 0.3) is 0 Å². The first-order valence-electron chi connectivity index (χ1n) is 19.8. The van der Waals surface area contributed by atoms with Crippen LogP contribution in [0.5, 0.6) is 11.5 Å². The molecule has 13 heteroatoms. The average Bonchev–Trinajstić information content (AvgIpc) is 3.23. The van der Waals surface area contributed by atoms with Gasteiger partial charge in [0.1, 0.15) is 30.8 Å². The van der Waals surface area contributed by atoms with Crippen molar-refractivity contribution in [2.24, 2.45) is 0 Å². The number of carbonyl (C=O) groups is 2. The highest BCUT2D eigenvalue weighted by atomic mass is 35.5. The van der Waals surface area contributed by atoms with Gasteiger partial charge in [0.2, 0.25) is 0 Å². The maximum Gasteiger partial charge on any atom is 0.303 e. The first-order chi connectivity index (χ1) is 28.9. The largest absolute Gasteiger partial charge is 0.488 e. The third kappa shape index (κ3) is 12.6. The molecule has 6 N–H and O–H groups in total. The van der Waals surface area contributed by atoms with E-state index in [2.05, 4.69) is 77.2 Å². The molecule has 60 heavy (non-hydrogen) atoms. The molecule has 0 aliphatic rings. The summed E-state index contributed by atoms with van der Waals surface area (Å²) in [4.78, 5) is 25.9. The van der Waals surface area contributed by atoms with E-state index < -0.39 is 11.9 Å². The lowest BCUT2D eigenvalue weighted by atomic mass is 9.89. The Balaban J connectivity index is 1.33. The van der Waals surface area contributed by atoms with E-state index in [-0.39, 0.29) is 26.1 Å². The van der Waals surface area contributed by atoms with Crippen LogP contribution in [0.3, 0.4) is 0 Å². The Kier molecular flexibility index (Phi) is 16.6. The molecule has 0 unspecified atom stereocenters. The van der Waals surface area contributed by atoms with Gasteiger partial charge in [-0.05, 0) is 110 Å². The number of hydrogen-bond acceptors (Lipinski definition) is 10. The Hall–Kier alpha value is -6.26. The highest BCUT2D eigenvalue weighted by molar-refractivity contribution is 6.32. The van der Waals surface area contributed by atoms with E-state index in [0.29, 0.717) is 73.4 Å². The zero-order chi connectivity index (χ0) is 43.0. The average molecular weight is 831 g/mol. The first-order valence-corrected chi connectivity index (χ1v) is 20.2. The first kappa shape index (κ1) is 44.8. The molecular weight excluding hydrogens is 780 g/mol. The Morgan fingerprint density at radius 1 is 0.783 bits per heavy atom. The Bertz CT molecular complexity index is 2360. The molecule has 12 nitrogen and oxygen atoms in total. The van der Waals surface area contributed by atoms with Gasteiger partial charge in [-0.15, -0.1) is 0 Å². The Morgan fingerprint density at radius 2 is 1.47 bits per heavy atom. The topological polar surface area (TPSA) is 190 Å². The maximum atomic E-state index is 11.0. The number of pyridine rings is 1. The fourth-order valence-electron chi connectivity index (χ4n) is 6.81. The molecule has 0 fully saturated rings. The van der Waals surface area contributed by atoms with Crippen molar-refractivity contribution in [3.63, 3.8) is 0 Å². The normalized spacial score (nSPS) is 10.8. The van der Waals surface area contributed by atoms with E-state index in [4.69, 9.17) is 36.7 Å². The molecule has 5 aromatic rings. The highest BCUT2D eigenvalue weighted by Gasteiger charge is 2.17. The van der Waals surface area contributed by atoms with Gasteiger partial charge in [0, 0.05) is 79.0 Å². The number of benzene rings is 4. The van der Waals surface area contributed by atoms with Crippen molar-refractivity contribution in [3.8, 4) is 39.8 Å². The molecule has 0 saturated heterocycles. The fraction of sp³-hybridized carbons (Fsp3) is 0.298. The van der Waals surface area contributed by atoms with Crippen LogP contribution >= 0.6 is 11.6 Å². The van der Waals surface area contributed by atoms with Crippen LogP contribution in [-0.4, -0.2) is 59.0 Å². The van der Waals surface area contributed by atoms with Gasteiger partial charge in [-0.3, -0.25) is 14.6 Å². The Labute approximate surface area is 356 Å². The standard InChI is InChI=1S/C47H51ClN6O6/c1-30-36(29-60-45-23-44(59-28-34-20-33(24-49)25-53-26-34)37(22-42(45)48)27-52-17-7-13-47(57)58)8-4-10-39(30)40-11-5-9-38(31(40)2)35-14-15-43(41(21-35)32(3)50)54-19-18-51-16-6-12-46(55)56/h4-5,8-11,14-15,20-23,25-26,50-52,54H,6-7,12-13,16-19,27-29H2,1-3H3,(H,55,56)(H,57,58). The van der Waals surface area contributed by atoms with E-state index in [1.54, 1.807) is 31.3 Å². The summed E-state index contributed by atoms with van der Waals surface area (Å²) in [6.45, 7) is 9.22. The summed E-state index contributed by atoms with van der Waals surface area (Å²) in [6, 6.07) is 25.9. The molecule has 0 aliphatic carbocycles. The molecule has 0 spiro atoms.